The van der Waals surface area contributed by atoms with E-state index in [0.717, 1.165) is 22.5 Å². The third-order valence-corrected chi connectivity index (χ3v) is 6.97. The van der Waals surface area contributed by atoms with Crippen LogP contribution in [-0.4, -0.2) is 21.8 Å². The first kappa shape index (κ1) is 24.3. The Bertz CT molecular complexity index is 1520. The SMILES string of the molecule is Cc1ccc(NC(=O)c2cccc(C(C)(C)C#N)c2)cc1NC(=O)c1sc2ncc(Br)nc2c1N. The topological polar surface area (TPSA) is 134 Å². The van der Waals surface area contributed by atoms with Crippen molar-refractivity contribution in [3.05, 3.63) is 74.8 Å². The summed E-state index contributed by atoms with van der Waals surface area (Å²) in [5, 5.41) is 15.1. The van der Waals surface area contributed by atoms with E-state index < -0.39 is 5.41 Å². The first-order valence-corrected chi connectivity index (χ1v) is 12.2. The Hall–Kier alpha value is -3.81. The van der Waals surface area contributed by atoms with Crippen molar-refractivity contribution in [2.24, 2.45) is 0 Å². The van der Waals surface area contributed by atoms with E-state index in [4.69, 9.17) is 5.73 Å². The zero-order valence-corrected chi connectivity index (χ0v) is 21.5. The molecule has 0 aliphatic heterocycles. The quantitative estimate of drug-likeness (QED) is 0.295. The Morgan fingerprint density at radius 3 is 2.66 bits per heavy atom. The Morgan fingerprint density at radius 1 is 1.14 bits per heavy atom. The molecule has 176 valence electrons. The Labute approximate surface area is 214 Å². The summed E-state index contributed by atoms with van der Waals surface area (Å²) in [6.45, 7) is 5.45. The Morgan fingerprint density at radius 2 is 1.91 bits per heavy atom. The maximum absolute atomic E-state index is 13.0. The second kappa shape index (κ2) is 9.44. The first-order valence-electron chi connectivity index (χ1n) is 10.5. The van der Waals surface area contributed by atoms with Crippen LogP contribution in [-0.2, 0) is 5.41 Å². The molecule has 8 nitrogen and oxygen atoms in total. The molecule has 0 radical (unpaired) electrons. The number of nitrogens with one attached hydrogen (secondary N) is 2. The van der Waals surface area contributed by atoms with E-state index in [1.54, 1.807) is 56.4 Å². The summed E-state index contributed by atoms with van der Waals surface area (Å²) in [6.07, 6.45) is 1.55. The fourth-order valence-corrected chi connectivity index (χ4v) is 4.55. The number of halogens is 1. The van der Waals surface area contributed by atoms with Crippen LogP contribution in [0.5, 0.6) is 0 Å². The summed E-state index contributed by atoms with van der Waals surface area (Å²) < 4.78 is 0.530. The van der Waals surface area contributed by atoms with Gasteiger partial charge < -0.3 is 16.4 Å². The molecule has 2 aromatic heterocycles. The summed E-state index contributed by atoms with van der Waals surface area (Å²) in [6, 6.07) is 14.5. The average molecular weight is 549 g/mol. The normalized spacial score (nSPS) is 11.2. The smallest absolute Gasteiger partial charge is 0.268 e. The van der Waals surface area contributed by atoms with Gasteiger partial charge in [-0.2, -0.15) is 5.26 Å². The van der Waals surface area contributed by atoms with Crippen LogP contribution in [0.1, 0.15) is 45.0 Å². The molecule has 0 atom stereocenters. The van der Waals surface area contributed by atoms with Crippen molar-refractivity contribution in [2.75, 3.05) is 16.4 Å². The van der Waals surface area contributed by atoms with Gasteiger partial charge in [0.05, 0.1) is 23.4 Å². The van der Waals surface area contributed by atoms with Gasteiger partial charge in [0.15, 0.2) is 0 Å². The second-order valence-corrected chi connectivity index (χ2v) is 10.3. The molecule has 4 aromatic rings. The number of carbonyl (C=O) groups excluding carboxylic acids is 2. The lowest BCUT2D eigenvalue weighted by Gasteiger charge is -2.17. The van der Waals surface area contributed by atoms with E-state index in [9.17, 15) is 14.9 Å². The zero-order chi connectivity index (χ0) is 25.3. The third kappa shape index (κ3) is 5.01. The van der Waals surface area contributed by atoms with Crippen LogP contribution in [0.2, 0.25) is 0 Å². The summed E-state index contributed by atoms with van der Waals surface area (Å²) in [5.74, 6) is -0.709. The highest BCUT2D eigenvalue weighted by molar-refractivity contribution is 9.10. The number of aromatic nitrogens is 2. The molecule has 4 N–H and O–H groups in total. The summed E-state index contributed by atoms with van der Waals surface area (Å²) in [4.78, 5) is 35.3. The lowest BCUT2D eigenvalue weighted by atomic mass is 9.85. The van der Waals surface area contributed by atoms with E-state index in [-0.39, 0.29) is 17.5 Å². The average Bonchev–Trinajstić information content (AvgIpc) is 3.17. The first-order chi connectivity index (χ1) is 16.6. The van der Waals surface area contributed by atoms with Crippen molar-refractivity contribution < 1.29 is 9.59 Å². The van der Waals surface area contributed by atoms with E-state index in [0.29, 0.717) is 36.8 Å². The number of carbonyl (C=O) groups is 2. The van der Waals surface area contributed by atoms with E-state index in [2.05, 4.69) is 42.6 Å². The number of nitriles is 1. The van der Waals surface area contributed by atoms with Gasteiger partial charge in [0.2, 0.25) is 0 Å². The molecule has 0 aliphatic rings. The highest BCUT2D eigenvalue weighted by Crippen LogP contribution is 2.33. The largest absolute Gasteiger partial charge is 0.396 e. The number of nitrogens with two attached hydrogens (primary N) is 1. The van der Waals surface area contributed by atoms with Gasteiger partial charge in [0.25, 0.3) is 11.8 Å². The Balaban J connectivity index is 1.55. The van der Waals surface area contributed by atoms with Crippen LogP contribution in [0.3, 0.4) is 0 Å². The number of aryl methyl sites for hydroxylation is 1. The van der Waals surface area contributed by atoms with Crippen molar-refractivity contribution in [1.82, 2.24) is 9.97 Å². The van der Waals surface area contributed by atoms with Crippen molar-refractivity contribution in [2.45, 2.75) is 26.2 Å². The van der Waals surface area contributed by atoms with E-state index in [1.807, 2.05) is 13.0 Å². The fraction of sp³-hybridized carbons (Fsp3) is 0.160. The second-order valence-electron chi connectivity index (χ2n) is 8.45. The Kier molecular flexibility index (Phi) is 6.56. The van der Waals surface area contributed by atoms with Crippen molar-refractivity contribution in [3.8, 4) is 6.07 Å². The number of thiophene rings is 1. The lowest BCUT2D eigenvalue weighted by Crippen LogP contribution is -2.17. The van der Waals surface area contributed by atoms with Crippen molar-refractivity contribution >= 4 is 66.5 Å². The molecule has 2 amide bonds. The number of benzene rings is 2. The summed E-state index contributed by atoms with van der Waals surface area (Å²) in [7, 11) is 0. The van der Waals surface area contributed by atoms with Crippen LogP contribution in [0, 0.1) is 18.3 Å². The molecule has 0 bridgehead atoms. The van der Waals surface area contributed by atoms with Gasteiger partial charge in [-0.3, -0.25) is 9.59 Å². The predicted octanol–water partition coefficient (Wildman–Crippen LogP) is 5.65. The molecule has 0 spiro atoms. The maximum atomic E-state index is 13.0. The van der Waals surface area contributed by atoms with Crippen LogP contribution >= 0.6 is 27.3 Å². The molecule has 2 aromatic carbocycles. The molecule has 0 saturated carbocycles. The van der Waals surface area contributed by atoms with Gasteiger partial charge in [-0.25, -0.2) is 9.97 Å². The van der Waals surface area contributed by atoms with Crippen LogP contribution in [0.15, 0.2) is 53.3 Å². The fourth-order valence-electron chi connectivity index (χ4n) is 3.37. The van der Waals surface area contributed by atoms with Gasteiger partial charge in [0, 0.05) is 16.9 Å². The lowest BCUT2D eigenvalue weighted by molar-refractivity contribution is 0.102. The maximum Gasteiger partial charge on any atom is 0.268 e. The standard InChI is InChI=1S/C25H21BrN6O2S/c1-13-7-8-16(30-22(33)14-5-4-6-15(9-14)25(2,3)12-27)10-17(13)31-23(34)21-19(28)20-24(35-21)29-11-18(26)32-20/h4-11H,28H2,1-3H3,(H,30,33)(H,31,34). The number of nitrogen functional groups attached to an aromatic ring is 1. The minimum atomic E-state index is -0.715. The van der Waals surface area contributed by atoms with Crippen LogP contribution in [0.25, 0.3) is 10.3 Å². The number of anilines is 3. The number of fused-ring (bicyclic) bond motifs is 1. The van der Waals surface area contributed by atoms with Gasteiger partial charge >= 0.3 is 0 Å². The highest BCUT2D eigenvalue weighted by atomic mass is 79.9. The predicted molar refractivity (Wildman–Crippen MR) is 142 cm³/mol. The van der Waals surface area contributed by atoms with Crippen molar-refractivity contribution in [1.29, 1.82) is 5.26 Å². The molecule has 4 rings (SSSR count). The number of hydrogen-bond acceptors (Lipinski definition) is 7. The van der Waals surface area contributed by atoms with E-state index in [1.165, 1.54) is 0 Å². The van der Waals surface area contributed by atoms with Gasteiger partial charge in [-0.15, -0.1) is 11.3 Å². The van der Waals surface area contributed by atoms with Crippen LogP contribution in [0.4, 0.5) is 17.1 Å². The van der Waals surface area contributed by atoms with Crippen molar-refractivity contribution in [3.63, 3.8) is 0 Å². The molecule has 0 unspecified atom stereocenters. The molecule has 0 saturated heterocycles. The number of nitrogens with zero attached hydrogens (tertiary/aromatic N) is 3. The van der Waals surface area contributed by atoms with Gasteiger partial charge in [-0.1, -0.05) is 18.2 Å². The molecule has 0 fully saturated rings. The van der Waals surface area contributed by atoms with Gasteiger partial charge in [0.1, 0.15) is 19.8 Å². The van der Waals surface area contributed by atoms with Crippen LogP contribution < -0.4 is 16.4 Å². The molecular formula is C25H21BrN6O2S. The van der Waals surface area contributed by atoms with Gasteiger partial charge in [-0.05, 0) is 72.1 Å². The molecule has 0 aliphatic carbocycles. The highest BCUT2D eigenvalue weighted by Gasteiger charge is 2.22. The molecule has 2 heterocycles. The molecule has 35 heavy (non-hydrogen) atoms. The molecular weight excluding hydrogens is 528 g/mol. The third-order valence-electron chi connectivity index (χ3n) is 5.48. The summed E-state index contributed by atoms with van der Waals surface area (Å²) >= 11 is 4.42. The molecule has 10 heteroatoms. The number of rotatable bonds is 5. The number of amides is 2. The summed E-state index contributed by atoms with van der Waals surface area (Å²) in [5.41, 5.74) is 9.22. The monoisotopic (exact) mass is 548 g/mol. The number of hydrogen-bond donors (Lipinski definition) is 3. The van der Waals surface area contributed by atoms with E-state index >= 15 is 0 Å². The minimum absolute atomic E-state index is 0.263. The zero-order valence-electron chi connectivity index (χ0n) is 19.1. The minimum Gasteiger partial charge on any atom is -0.396 e.